The van der Waals surface area contributed by atoms with Crippen molar-refractivity contribution < 1.29 is 18.1 Å². The molecule has 0 bridgehead atoms. The molecule has 0 atom stereocenters. The average Bonchev–Trinajstić information content (AvgIpc) is 3.49. The molecule has 0 unspecified atom stereocenters. The van der Waals surface area contributed by atoms with Gasteiger partial charge >= 0.3 is 0 Å². The van der Waals surface area contributed by atoms with E-state index in [2.05, 4.69) is 20.3 Å². The monoisotopic (exact) mass is 446 g/mol. The Balaban J connectivity index is 1.04. The minimum atomic E-state index is -0.713. The van der Waals surface area contributed by atoms with Crippen LogP contribution in [0.4, 0.5) is 14.6 Å². The predicted molar refractivity (Wildman–Crippen MR) is 118 cm³/mol. The first-order chi connectivity index (χ1) is 15.5. The summed E-state index contributed by atoms with van der Waals surface area (Å²) in [5, 5.41) is 7.65. The van der Waals surface area contributed by atoms with E-state index in [9.17, 15) is 13.6 Å². The van der Waals surface area contributed by atoms with Gasteiger partial charge in [0, 0.05) is 44.7 Å². The summed E-state index contributed by atoms with van der Waals surface area (Å²) in [6.07, 6.45) is 8.93. The number of halogens is 2. The number of piperazine rings is 1. The first kappa shape index (κ1) is 21.6. The maximum Gasteiger partial charge on any atom is 0.220 e. The number of hydrogen-bond donors (Lipinski definition) is 1. The van der Waals surface area contributed by atoms with Crippen LogP contribution in [0.2, 0.25) is 0 Å². The third-order valence-electron chi connectivity index (χ3n) is 7.38. The van der Waals surface area contributed by atoms with Crippen molar-refractivity contribution in [1.82, 2.24) is 15.4 Å². The fraction of sp³-hybridized carbons (Fsp3) is 0.667. The number of amides is 1. The lowest BCUT2D eigenvalue weighted by Gasteiger charge is -2.36. The fourth-order valence-corrected chi connectivity index (χ4v) is 5.20. The van der Waals surface area contributed by atoms with Crippen LogP contribution in [0.25, 0.3) is 11.0 Å². The summed E-state index contributed by atoms with van der Waals surface area (Å²) in [5.74, 6) is 0.830. The smallest absolute Gasteiger partial charge is 0.220 e. The highest BCUT2D eigenvalue weighted by molar-refractivity contribution is 5.89. The molecule has 1 aliphatic heterocycles. The van der Waals surface area contributed by atoms with Crippen molar-refractivity contribution in [2.75, 3.05) is 37.6 Å². The lowest BCUT2D eigenvalue weighted by molar-refractivity contribution is -0.122. The topological polar surface area (TPSA) is 61.6 Å². The molecule has 2 saturated carbocycles. The second kappa shape index (κ2) is 9.33. The summed E-state index contributed by atoms with van der Waals surface area (Å²) in [6.45, 7) is 4.40. The van der Waals surface area contributed by atoms with E-state index < -0.39 is 11.6 Å². The van der Waals surface area contributed by atoms with Crippen LogP contribution in [0.1, 0.15) is 51.4 Å². The van der Waals surface area contributed by atoms with Crippen LogP contribution < -0.4 is 10.2 Å². The van der Waals surface area contributed by atoms with Crippen molar-refractivity contribution >= 4 is 22.7 Å². The lowest BCUT2D eigenvalue weighted by atomic mass is 9.84. The Bertz CT molecular complexity index is 945. The predicted octanol–water partition coefficient (Wildman–Crippen LogP) is 4.09. The molecule has 1 saturated heterocycles. The van der Waals surface area contributed by atoms with Crippen molar-refractivity contribution in [3.8, 4) is 0 Å². The minimum Gasteiger partial charge on any atom is -0.353 e. The Kier molecular flexibility index (Phi) is 6.31. The van der Waals surface area contributed by atoms with Gasteiger partial charge in [0.05, 0.1) is 5.39 Å². The lowest BCUT2D eigenvalue weighted by Crippen LogP contribution is -2.47. The van der Waals surface area contributed by atoms with Crippen LogP contribution >= 0.6 is 0 Å². The van der Waals surface area contributed by atoms with Gasteiger partial charge in [-0.2, -0.15) is 0 Å². The summed E-state index contributed by atoms with van der Waals surface area (Å²) in [5.41, 5.74) is 0.0168. The van der Waals surface area contributed by atoms with E-state index in [4.69, 9.17) is 4.52 Å². The first-order valence-corrected chi connectivity index (χ1v) is 12.1. The summed E-state index contributed by atoms with van der Waals surface area (Å²) in [4.78, 5) is 16.5. The zero-order valence-electron chi connectivity index (χ0n) is 18.5. The van der Waals surface area contributed by atoms with Crippen molar-refractivity contribution in [3.05, 3.63) is 23.8 Å². The molecule has 1 aromatic carbocycles. The second-order valence-corrected chi connectivity index (χ2v) is 9.82. The molecule has 2 aromatic rings. The SMILES string of the molecule is O=C(CC1CC1)N[C@H]1CC[C@H](CCN2CCN(c3noc4c(F)cc(F)cc34)CC2)CC1. The molecule has 32 heavy (non-hydrogen) atoms. The summed E-state index contributed by atoms with van der Waals surface area (Å²) in [7, 11) is 0. The van der Waals surface area contributed by atoms with Gasteiger partial charge in [-0.25, -0.2) is 8.78 Å². The maximum absolute atomic E-state index is 13.9. The van der Waals surface area contributed by atoms with Gasteiger partial charge in [-0.1, -0.05) is 5.16 Å². The van der Waals surface area contributed by atoms with Gasteiger partial charge in [0.1, 0.15) is 5.82 Å². The Morgan fingerprint density at radius 1 is 1.03 bits per heavy atom. The van der Waals surface area contributed by atoms with E-state index >= 15 is 0 Å². The molecule has 1 aromatic heterocycles. The van der Waals surface area contributed by atoms with E-state index in [0.29, 0.717) is 23.2 Å². The number of aromatic nitrogens is 1. The third kappa shape index (κ3) is 5.05. The van der Waals surface area contributed by atoms with E-state index in [1.54, 1.807) is 0 Å². The summed E-state index contributed by atoms with van der Waals surface area (Å²) >= 11 is 0. The second-order valence-electron chi connectivity index (χ2n) is 9.82. The van der Waals surface area contributed by atoms with Gasteiger partial charge in [0.2, 0.25) is 11.5 Å². The zero-order chi connectivity index (χ0) is 22.1. The Morgan fingerprint density at radius 3 is 2.47 bits per heavy atom. The van der Waals surface area contributed by atoms with Gasteiger partial charge in [0.15, 0.2) is 11.6 Å². The molecule has 1 N–H and O–H groups in total. The number of nitrogens with zero attached hydrogens (tertiary/aromatic N) is 3. The van der Waals surface area contributed by atoms with Crippen LogP contribution in [0.3, 0.4) is 0 Å². The number of rotatable bonds is 7. The number of carbonyl (C=O) groups is 1. The summed E-state index contributed by atoms with van der Waals surface area (Å²) in [6, 6.07) is 2.49. The molecule has 8 heteroatoms. The average molecular weight is 447 g/mol. The molecule has 3 fully saturated rings. The largest absolute Gasteiger partial charge is 0.353 e. The molecule has 3 aliphatic rings. The quantitative estimate of drug-likeness (QED) is 0.694. The van der Waals surface area contributed by atoms with Crippen molar-refractivity contribution in [1.29, 1.82) is 0 Å². The normalized spacial score (nSPS) is 24.8. The van der Waals surface area contributed by atoms with Crippen LogP contribution in [0.15, 0.2) is 16.7 Å². The maximum atomic E-state index is 13.9. The standard InChI is InChI=1S/C24H32F2N4O2/c25-18-14-20-23(21(26)15-18)32-28-24(20)30-11-9-29(10-12-30)8-7-16-3-5-19(6-4-16)27-22(31)13-17-1-2-17/h14-17,19H,1-13H2,(H,27,31)/t16-,19-. The van der Waals surface area contributed by atoms with Gasteiger partial charge in [0.25, 0.3) is 0 Å². The van der Waals surface area contributed by atoms with E-state index in [0.717, 1.165) is 64.0 Å². The van der Waals surface area contributed by atoms with Crippen LogP contribution in [-0.4, -0.2) is 54.7 Å². The molecule has 5 rings (SSSR count). The van der Waals surface area contributed by atoms with Gasteiger partial charge in [-0.05, 0) is 69.4 Å². The van der Waals surface area contributed by atoms with E-state index in [1.165, 1.54) is 38.2 Å². The molecule has 174 valence electrons. The van der Waals surface area contributed by atoms with Crippen molar-refractivity contribution in [2.45, 2.75) is 57.4 Å². The molecule has 0 radical (unpaired) electrons. The Hall–Kier alpha value is -2.22. The molecule has 6 nitrogen and oxygen atoms in total. The molecule has 0 spiro atoms. The Morgan fingerprint density at radius 2 is 1.75 bits per heavy atom. The Labute approximate surface area is 187 Å². The third-order valence-corrected chi connectivity index (χ3v) is 7.38. The number of nitrogens with one attached hydrogen (secondary N) is 1. The number of carbonyl (C=O) groups excluding carboxylic acids is 1. The van der Waals surface area contributed by atoms with Gasteiger partial charge in [-0.3, -0.25) is 9.69 Å². The highest BCUT2D eigenvalue weighted by Crippen LogP contribution is 2.33. The van der Waals surface area contributed by atoms with E-state index in [1.807, 2.05) is 0 Å². The number of fused-ring (bicyclic) bond motifs is 1. The van der Waals surface area contributed by atoms with E-state index in [-0.39, 0.29) is 11.5 Å². The molecular formula is C24H32F2N4O2. The minimum absolute atomic E-state index is 0.0168. The molecule has 2 aliphatic carbocycles. The van der Waals surface area contributed by atoms with Crippen LogP contribution in [0, 0.1) is 23.5 Å². The van der Waals surface area contributed by atoms with Crippen LogP contribution in [0.5, 0.6) is 0 Å². The number of hydrogen-bond acceptors (Lipinski definition) is 5. The van der Waals surface area contributed by atoms with Gasteiger partial charge < -0.3 is 14.7 Å². The highest BCUT2D eigenvalue weighted by Gasteiger charge is 2.28. The molecular weight excluding hydrogens is 414 g/mol. The van der Waals surface area contributed by atoms with Crippen molar-refractivity contribution in [3.63, 3.8) is 0 Å². The first-order valence-electron chi connectivity index (χ1n) is 12.1. The number of anilines is 1. The highest BCUT2D eigenvalue weighted by atomic mass is 19.1. The number of benzene rings is 1. The van der Waals surface area contributed by atoms with Crippen molar-refractivity contribution in [2.24, 2.45) is 11.8 Å². The fourth-order valence-electron chi connectivity index (χ4n) is 5.20. The van der Waals surface area contributed by atoms with Gasteiger partial charge in [-0.15, -0.1) is 0 Å². The zero-order valence-corrected chi connectivity index (χ0v) is 18.5. The molecule has 2 heterocycles. The molecule has 1 amide bonds. The summed E-state index contributed by atoms with van der Waals surface area (Å²) < 4.78 is 32.7. The van der Waals surface area contributed by atoms with Crippen LogP contribution in [-0.2, 0) is 4.79 Å².